The molecule has 2 heterocycles. The van der Waals surface area contributed by atoms with Gasteiger partial charge in [-0.05, 0) is 55.9 Å². The van der Waals surface area contributed by atoms with E-state index in [1.54, 1.807) is 30.5 Å². The lowest BCUT2D eigenvalue weighted by Gasteiger charge is -2.32. The number of aliphatic hydroxyl groups excluding tert-OH is 1. The molecule has 1 aromatic heterocycles. The largest absolute Gasteiger partial charge is 0.396 e. The van der Waals surface area contributed by atoms with Gasteiger partial charge < -0.3 is 19.9 Å². The summed E-state index contributed by atoms with van der Waals surface area (Å²) >= 11 is 1.38. The van der Waals surface area contributed by atoms with Crippen molar-refractivity contribution in [3.05, 3.63) is 42.2 Å². The van der Waals surface area contributed by atoms with Crippen LogP contribution in [0, 0.1) is 5.92 Å². The normalized spacial score (nSPS) is 14.8. The number of aliphatic hydroxyl groups is 1. The van der Waals surface area contributed by atoms with Crippen LogP contribution in [0.3, 0.4) is 0 Å². The Morgan fingerprint density at radius 3 is 2.59 bits per heavy atom. The first-order chi connectivity index (χ1) is 14.1. The number of aromatic nitrogens is 2. The third kappa shape index (κ3) is 6.08. The molecule has 0 spiro atoms. The van der Waals surface area contributed by atoms with Crippen LogP contribution in [0.1, 0.15) is 36.0 Å². The number of anilines is 1. The van der Waals surface area contributed by atoms with Crippen molar-refractivity contribution in [1.29, 1.82) is 0 Å². The molecule has 0 radical (unpaired) electrons. The molecule has 1 aromatic carbocycles. The lowest BCUT2D eigenvalue weighted by atomic mass is 9.92. The number of rotatable bonds is 8. The highest BCUT2D eigenvalue weighted by Gasteiger charge is 2.23. The molecular weight excluding hydrogens is 388 g/mol. The Morgan fingerprint density at radius 1 is 1.24 bits per heavy atom. The molecule has 0 aliphatic carbocycles. The molecule has 1 aliphatic heterocycles. The van der Waals surface area contributed by atoms with Crippen molar-refractivity contribution >= 4 is 29.3 Å². The van der Waals surface area contributed by atoms with Gasteiger partial charge in [0, 0.05) is 50.4 Å². The summed E-state index contributed by atoms with van der Waals surface area (Å²) < 4.78 is 1.87. The van der Waals surface area contributed by atoms with Gasteiger partial charge in [-0.1, -0.05) is 11.8 Å². The first-order valence-corrected chi connectivity index (χ1v) is 11.0. The Kier molecular flexibility index (Phi) is 7.71. The Morgan fingerprint density at radius 2 is 1.97 bits per heavy atom. The van der Waals surface area contributed by atoms with Crippen molar-refractivity contribution in [3.8, 4) is 0 Å². The van der Waals surface area contributed by atoms with Crippen molar-refractivity contribution in [1.82, 2.24) is 14.5 Å². The van der Waals surface area contributed by atoms with Crippen molar-refractivity contribution in [2.45, 2.75) is 30.8 Å². The predicted molar refractivity (Wildman–Crippen MR) is 114 cm³/mol. The Labute approximate surface area is 175 Å². The average Bonchev–Trinajstić information content (AvgIpc) is 3.16. The number of thioether (sulfide) groups is 1. The summed E-state index contributed by atoms with van der Waals surface area (Å²) in [4.78, 5) is 30.9. The highest BCUT2D eigenvalue weighted by atomic mass is 32.2. The SMILES string of the molecule is Cn1ccnc1SCC(=O)Nc1ccc(C(=O)N2CCC(CCCO)CC2)cc1. The molecule has 0 unspecified atom stereocenters. The molecule has 2 N–H and O–H groups in total. The summed E-state index contributed by atoms with van der Waals surface area (Å²) in [5, 5.41) is 12.6. The zero-order valence-corrected chi connectivity index (χ0v) is 17.5. The summed E-state index contributed by atoms with van der Waals surface area (Å²) in [7, 11) is 1.89. The van der Waals surface area contributed by atoms with Crippen LogP contribution in [0.15, 0.2) is 41.8 Å². The molecule has 7 nitrogen and oxygen atoms in total. The first-order valence-electron chi connectivity index (χ1n) is 9.97. The molecule has 2 amide bonds. The van der Waals surface area contributed by atoms with E-state index in [4.69, 9.17) is 5.11 Å². The summed E-state index contributed by atoms with van der Waals surface area (Å²) in [6.45, 7) is 1.76. The number of nitrogens with zero attached hydrogens (tertiary/aromatic N) is 3. The van der Waals surface area contributed by atoms with Gasteiger partial charge >= 0.3 is 0 Å². The first kappa shape index (κ1) is 21.4. The highest BCUT2D eigenvalue weighted by molar-refractivity contribution is 7.99. The van der Waals surface area contributed by atoms with Crippen molar-refractivity contribution in [2.75, 3.05) is 30.8 Å². The maximum atomic E-state index is 12.7. The number of aryl methyl sites for hydroxylation is 1. The lowest BCUT2D eigenvalue weighted by Crippen LogP contribution is -2.38. The molecule has 1 fully saturated rings. The van der Waals surface area contributed by atoms with Crippen LogP contribution < -0.4 is 5.32 Å². The molecule has 8 heteroatoms. The minimum absolute atomic E-state index is 0.0359. The van der Waals surface area contributed by atoms with E-state index in [-0.39, 0.29) is 24.2 Å². The molecule has 1 saturated heterocycles. The lowest BCUT2D eigenvalue weighted by molar-refractivity contribution is -0.113. The van der Waals surface area contributed by atoms with Crippen LogP contribution in [0.2, 0.25) is 0 Å². The monoisotopic (exact) mass is 416 g/mol. The fourth-order valence-corrected chi connectivity index (χ4v) is 4.23. The smallest absolute Gasteiger partial charge is 0.253 e. The van der Waals surface area contributed by atoms with E-state index < -0.39 is 0 Å². The second kappa shape index (κ2) is 10.5. The number of piperidine rings is 1. The van der Waals surface area contributed by atoms with Gasteiger partial charge in [0.25, 0.3) is 5.91 Å². The van der Waals surface area contributed by atoms with E-state index in [0.717, 1.165) is 43.9 Å². The van der Waals surface area contributed by atoms with E-state index in [9.17, 15) is 9.59 Å². The van der Waals surface area contributed by atoms with E-state index in [1.165, 1.54) is 11.8 Å². The minimum atomic E-state index is -0.109. The zero-order chi connectivity index (χ0) is 20.6. The third-order valence-electron chi connectivity index (χ3n) is 5.20. The van der Waals surface area contributed by atoms with Crippen LogP contribution in [0.25, 0.3) is 0 Å². The molecule has 2 aromatic rings. The third-order valence-corrected chi connectivity index (χ3v) is 6.26. The quantitative estimate of drug-likeness (QED) is 0.646. The number of imidazole rings is 1. The van der Waals surface area contributed by atoms with Gasteiger partial charge in [-0.15, -0.1) is 0 Å². The van der Waals surface area contributed by atoms with Crippen molar-refractivity contribution in [3.63, 3.8) is 0 Å². The number of carbonyl (C=O) groups excluding carboxylic acids is 2. The van der Waals surface area contributed by atoms with Gasteiger partial charge in [-0.2, -0.15) is 0 Å². The van der Waals surface area contributed by atoms with Crippen LogP contribution in [0.5, 0.6) is 0 Å². The van der Waals surface area contributed by atoms with Crippen molar-refractivity contribution in [2.24, 2.45) is 13.0 Å². The topological polar surface area (TPSA) is 87.5 Å². The molecule has 0 saturated carbocycles. The summed E-state index contributed by atoms with van der Waals surface area (Å²) in [5.74, 6) is 0.805. The summed E-state index contributed by atoms with van der Waals surface area (Å²) in [5.41, 5.74) is 1.31. The molecule has 29 heavy (non-hydrogen) atoms. The highest BCUT2D eigenvalue weighted by Crippen LogP contribution is 2.23. The Hall–Kier alpha value is -2.32. The number of benzene rings is 1. The molecule has 1 aliphatic rings. The fourth-order valence-electron chi connectivity index (χ4n) is 3.50. The van der Waals surface area contributed by atoms with Crippen LogP contribution in [-0.2, 0) is 11.8 Å². The van der Waals surface area contributed by atoms with Crippen molar-refractivity contribution < 1.29 is 14.7 Å². The molecular formula is C21H28N4O3S. The minimum Gasteiger partial charge on any atom is -0.396 e. The fraction of sp³-hybridized carbons (Fsp3) is 0.476. The van der Waals surface area contributed by atoms with Crippen LogP contribution in [-0.4, -0.2) is 56.8 Å². The molecule has 0 atom stereocenters. The van der Waals surface area contributed by atoms with Gasteiger partial charge in [0.2, 0.25) is 5.91 Å². The van der Waals surface area contributed by atoms with Crippen LogP contribution >= 0.6 is 11.8 Å². The van der Waals surface area contributed by atoms with Gasteiger partial charge in [0.1, 0.15) is 0 Å². The summed E-state index contributed by atoms with van der Waals surface area (Å²) in [6, 6.07) is 7.07. The van der Waals surface area contributed by atoms with E-state index in [2.05, 4.69) is 10.3 Å². The second-order valence-corrected chi connectivity index (χ2v) is 8.28. The van der Waals surface area contributed by atoms with E-state index in [0.29, 0.717) is 17.2 Å². The summed E-state index contributed by atoms with van der Waals surface area (Å²) in [6.07, 6.45) is 7.40. The number of likely N-dealkylation sites (tertiary alicyclic amines) is 1. The van der Waals surface area contributed by atoms with Gasteiger partial charge in [-0.25, -0.2) is 4.98 Å². The molecule has 156 valence electrons. The number of nitrogens with one attached hydrogen (secondary N) is 1. The molecule has 0 bridgehead atoms. The number of carbonyl (C=O) groups is 2. The standard InChI is InChI=1S/C21H28N4O3S/c1-24-13-10-22-21(24)29-15-19(27)23-18-6-4-17(5-7-18)20(28)25-11-8-16(9-12-25)3-2-14-26/h4-7,10,13,16,26H,2-3,8-9,11-12,14-15H2,1H3,(H,23,27). The average molecular weight is 417 g/mol. The van der Waals surface area contributed by atoms with Gasteiger partial charge in [0.05, 0.1) is 5.75 Å². The molecule has 3 rings (SSSR count). The van der Waals surface area contributed by atoms with Gasteiger partial charge in [0.15, 0.2) is 5.16 Å². The van der Waals surface area contributed by atoms with E-state index >= 15 is 0 Å². The van der Waals surface area contributed by atoms with E-state index in [1.807, 2.05) is 22.7 Å². The maximum absolute atomic E-state index is 12.7. The second-order valence-electron chi connectivity index (χ2n) is 7.34. The number of hydrogen-bond donors (Lipinski definition) is 2. The van der Waals surface area contributed by atoms with Gasteiger partial charge in [-0.3, -0.25) is 9.59 Å². The maximum Gasteiger partial charge on any atom is 0.253 e. The number of hydrogen-bond acceptors (Lipinski definition) is 5. The Bertz CT molecular complexity index is 814. The van der Waals surface area contributed by atoms with Crippen LogP contribution in [0.4, 0.5) is 5.69 Å². The number of amides is 2. The predicted octanol–water partition coefficient (Wildman–Crippen LogP) is 2.78. The zero-order valence-electron chi connectivity index (χ0n) is 16.7. The Balaban J connectivity index is 1.46.